The molecule has 2 nitrogen and oxygen atoms in total. The highest BCUT2D eigenvalue weighted by molar-refractivity contribution is 4.96. The topological polar surface area (TPSA) is 28.7 Å². The third-order valence-corrected chi connectivity index (χ3v) is 0.635. The van der Waals surface area contributed by atoms with Crippen LogP contribution in [-0.4, -0.2) is 10.2 Å². The molecule has 0 fully saturated rings. The Kier molecular flexibility index (Phi) is 8.87. The Labute approximate surface area is 57.3 Å². The van der Waals surface area contributed by atoms with E-state index in [4.69, 9.17) is 0 Å². The fourth-order valence-electron chi connectivity index (χ4n) is 0.315. The third-order valence-electron chi connectivity index (χ3n) is 0.635. The number of aromatic nitrogens is 2. The molecule has 54 valence electrons. The molecular formula is C7H16N2. The predicted octanol–water partition coefficient (Wildman–Crippen LogP) is 2.38. The maximum atomic E-state index is 3.70. The second-order valence-corrected chi connectivity index (χ2v) is 1.28. The smallest absolute Gasteiger partial charge is 0.0516 e. The van der Waals surface area contributed by atoms with Crippen LogP contribution in [0.25, 0.3) is 0 Å². The number of nitrogens with zero attached hydrogens (tertiary/aromatic N) is 1. The van der Waals surface area contributed by atoms with Gasteiger partial charge in [0.2, 0.25) is 0 Å². The molecule has 0 aromatic carbocycles. The minimum absolute atomic E-state index is 0. The van der Waals surface area contributed by atoms with Gasteiger partial charge in [0.05, 0.1) is 6.20 Å². The van der Waals surface area contributed by atoms with Gasteiger partial charge in [-0.3, -0.25) is 5.10 Å². The van der Waals surface area contributed by atoms with Gasteiger partial charge in [-0.05, 0) is 12.5 Å². The van der Waals surface area contributed by atoms with Gasteiger partial charge < -0.3 is 0 Å². The molecule has 2 heteroatoms. The minimum atomic E-state index is 0. The monoisotopic (exact) mass is 128 g/mol. The lowest BCUT2D eigenvalue weighted by Crippen LogP contribution is -1.53. The van der Waals surface area contributed by atoms with Crippen LogP contribution in [-0.2, 0) is 0 Å². The predicted molar refractivity (Wildman–Crippen MR) is 41.4 cm³/mol. The highest BCUT2D eigenvalue weighted by Crippen LogP contribution is 1.84. The Morgan fingerprint density at radius 2 is 2.00 bits per heavy atom. The first-order valence-corrected chi connectivity index (χ1v) is 2.85. The maximum Gasteiger partial charge on any atom is 0.0516 e. The number of hydrogen-bond donors (Lipinski definition) is 1. The van der Waals surface area contributed by atoms with Crippen LogP contribution in [0.4, 0.5) is 0 Å². The summed E-state index contributed by atoms with van der Waals surface area (Å²) < 4.78 is 0. The van der Waals surface area contributed by atoms with Crippen LogP contribution >= 0.6 is 0 Å². The second kappa shape index (κ2) is 7.21. The van der Waals surface area contributed by atoms with Crippen molar-refractivity contribution in [2.45, 2.75) is 28.2 Å². The Bertz CT molecular complexity index is 110. The molecule has 0 aliphatic carbocycles. The molecule has 0 saturated heterocycles. The van der Waals surface area contributed by atoms with Crippen LogP contribution in [0.5, 0.6) is 0 Å². The van der Waals surface area contributed by atoms with E-state index in [0.29, 0.717) is 0 Å². The van der Waals surface area contributed by atoms with Crippen molar-refractivity contribution in [1.82, 2.24) is 10.2 Å². The van der Waals surface area contributed by atoms with E-state index in [-0.39, 0.29) is 7.43 Å². The number of rotatable bonds is 0. The summed E-state index contributed by atoms with van der Waals surface area (Å²) in [6.45, 7) is 5.99. The first kappa shape index (κ1) is 11.1. The summed E-state index contributed by atoms with van der Waals surface area (Å²) in [5.74, 6) is 0. The summed E-state index contributed by atoms with van der Waals surface area (Å²) in [5, 5.41) is 6.38. The quantitative estimate of drug-likeness (QED) is 0.571. The second-order valence-electron chi connectivity index (χ2n) is 1.28. The van der Waals surface area contributed by atoms with Gasteiger partial charge in [-0.1, -0.05) is 21.3 Å². The van der Waals surface area contributed by atoms with Gasteiger partial charge >= 0.3 is 0 Å². The Morgan fingerprint density at radius 3 is 2.11 bits per heavy atom. The van der Waals surface area contributed by atoms with Crippen LogP contribution in [0.1, 0.15) is 26.8 Å². The fraction of sp³-hybridized carbons (Fsp3) is 0.571. The lowest BCUT2D eigenvalue weighted by Gasteiger charge is -1.62. The number of hydrogen-bond acceptors (Lipinski definition) is 1. The Hall–Kier alpha value is -0.790. The number of aryl methyl sites for hydroxylation is 1. The van der Waals surface area contributed by atoms with Crippen molar-refractivity contribution in [2.24, 2.45) is 0 Å². The highest BCUT2D eigenvalue weighted by atomic mass is 15.1. The summed E-state index contributed by atoms with van der Waals surface area (Å²) in [6.07, 6.45) is 3.62. The van der Waals surface area contributed by atoms with E-state index < -0.39 is 0 Å². The number of aromatic amines is 1. The zero-order chi connectivity index (χ0) is 6.41. The fourth-order valence-corrected chi connectivity index (χ4v) is 0.315. The van der Waals surface area contributed by atoms with Crippen molar-refractivity contribution in [3.8, 4) is 0 Å². The van der Waals surface area contributed by atoms with Crippen molar-refractivity contribution in [2.75, 3.05) is 0 Å². The van der Waals surface area contributed by atoms with Crippen LogP contribution in [0.2, 0.25) is 0 Å². The van der Waals surface area contributed by atoms with Crippen LogP contribution in [0.3, 0.4) is 0 Å². The molecule has 1 aromatic rings. The first-order valence-electron chi connectivity index (χ1n) is 2.85. The average Bonchev–Trinajstić information content (AvgIpc) is 2.24. The molecule has 0 spiro atoms. The molecule has 0 aliphatic rings. The minimum Gasteiger partial charge on any atom is -0.285 e. The molecule has 0 amide bonds. The molecule has 0 atom stereocenters. The van der Waals surface area contributed by atoms with E-state index in [1.165, 1.54) is 5.56 Å². The van der Waals surface area contributed by atoms with E-state index >= 15 is 0 Å². The average molecular weight is 128 g/mol. The van der Waals surface area contributed by atoms with Crippen molar-refractivity contribution >= 4 is 0 Å². The van der Waals surface area contributed by atoms with E-state index in [9.17, 15) is 0 Å². The summed E-state index contributed by atoms with van der Waals surface area (Å²) >= 11 is 0. The third kappa shape index (κ3) is 5.07. The highest BCUT2D eigenvalue weighted by Gasteiger charge is 1.74. The van der Waals surface area contributed by atoms with Crippen LogP contribution < -0.4 is 0 Å². The van der Waals surface area contributed by atoms with Gasteiger partial charge in [0.25, 0.3) is 0 Å². The SMILES string of the molecule is C.CC.Cc1cn[nH]c1. The van der Waals surface area contributed by atoms with Crippen molar-refractivity contribution in [1.29, 1.82) is 0 Å². The molecule has 1 N–H and O–H groups in total. The van der Waals surface area contributed by atoms with Gasteiger partial charge in [-0.2, -0.15) is 5.10 Å². The molecule has 0 aliphatic heterocycles. The lowest BCUT2D eigenvalue weighted by molar-refractivity contribution is 1.09. The molecule has 0 radical (unpaired) electrons. The van der Waals surface area contributed by atoms with Gasteiger partial charge in [0.1, 0.15) is 0 Å². The molecular weight excluding hydrogens is 112 g/mol. The van der Waals surface area contributed by atoms with Crippen molar-refractivity contribution in [3.63, 3.8) is 0 Å². The number of nitrogens with one attached hydrogen (secondary N) is 1. The van der Waals surface area contributed by atoms with Gasteiger partial charge in [0.15, 0.2) is 0 Å². The zero-order valence-electron chi connectivity index (χ0n) is 5.60. The maximum absolute atomic E-state index is 3.70. The molecule has 0 unspecified atom stereocenters. The summed E-state index contributed by atoms with van der Waals surface area (Å²) in [4.78, 5) is 0. The largest absolute Gasteiger partial charge is 0.285 e. The van der Waals surface area contributed by atoms with Gasteiger partial charge in [-0.25, -0.2) is 0 Å². The molecule has 0 saturated carbocycles. The van der Waals surface area contributed by atoms with Crippen molar-refractivity contribution in [3.05, 3.63) is 18.0 Å². The zero-order valence-corrected chi connectivity index (χ0v) is 5.60. The number of H-pyrrole nitrogens is 1. The van der Waals surface area contributed by atoms with Crippen LogP contribution in [0, 0.1) is 6.92 Å². The van der Waals surface area contributed by atoms with E-state index in [0.717, 1.165) is 0 Å². The first-order chi connectivity index (χ1) is 3.89. The molecule has 1 heterocycles. The van der Waals surface area contributed by atoms with E-state index in [1.807, 2.05) is 27.0 Å². The normalized spacial score (nSPS) is 6.56. The van der Waals surface area contributed by atoms with Gasteiger partial charge in [-0.15, -0.1) is 0 Å². The molecule has 0 bridgehead atoms. The molecule has 1 aromatic heterocycles. The van der Waals surface area contributed by atoms with Crippen molar-refractivity contribution < 1.29 is 0 Å². The van der Waals surface area contributed by atoms with Crippen LogP contribution in [0.15, 0.2) is 12.4 Å². The molecule has 1 rings (SSSR count). The molecule has 9 heavy (non-hydrogen) atoms. The summed E-state index contributed by atoms with van der Waals surface area (Å²) in [7, 11) is 0. The lowest BCUT2D eigenvalue weighted by atomic mass is 10.4. The van der Waals surface area contributed by atoms with E-state index in [1.54, 1.807) is 6.20 Å². The van der Waals surface area contributed by atoms with Gasteiger partial charge in [0, 0.05) is 6.20 Å². The summed E-state index contributed by atoms with van der Waals surface area (Å²) in [6, 6.07) is 0. The Balaban J connectivity index is 0. The Morgan fingerprint density at radius 1 is 1.44 bits per heavy atom. The standard InChI is InChI=1S/C4H6N2.C2H6.CH4/c1-4-2-5-6-3-4;1-2;/h2-3H,1H3,(H,5,6);1-2H3;1H4. The summed E-state index contributed by atoms with van der Waals surface area (Å²) in [5.41, 5.74) is 1.18. The van der Waals surface area contributed by atoms with E-state index in [2.05, 4.69) is 10.2 Å².